The third kappa shape index (κ3) is 2.60. The summed E-state index contributed by atoms with van der Waals surface area (Å²) in [4.78, 5) is 4.34. The van der Waals surface area contributed by atoms with Crippen molar-refractivity contribution in [1.82, 2.24) is 0 Å². The molecule has 1 aromatic rings. The number of hydrogen-bond acceptors (Lipinski definition) is 2. The topological polar surface area (TPSA) is 21.6 Å². The first-order chi connectivity index (χ1) is 8.11. The molecular weight excluding hydrogens is 241 g/mol. The van der Waals surface area contributed by atoms with E-state index in [4.69, 9.17) is 16.3 Å². The standard InChI is InChI=1S/C13H15ClFNO/c1-8-4-3-5-13(14)16-11-7-12(17-2)10(15)6-9(8)11/h6-8H,3-5H2,1-2H3. The molecule has 1 unspecified atom stereocenters. The molecule has 0 saturated carbocycles. The van der Waals surface area contributed by atoms with Gasteiger partial charge < -0.3 is 4.74 Å². The fourth-order valence-corrected chi connectivity index (χ4v) is 2.33. The molecule has 0 N–H and O–H groups in total. The van der Waals surface area contributed by atoms with E-state index < -0.39 is 0 Å². The van der Waals surface area contributed by atoms with Crippen molar-refractivity contribution in [2.24, 2.45) is 4.99 Å². The Balaban J connectivity index is 2.56. The van der Waals surface area contributed by atoms with Crippen molar-refractivity contribution in [3.8, 4) is 5.75 Å². The molecule has 4 heteroatoms. The SMILES string of the molecule is COc1cc2c(cc1F)C(C)CCCC(Cl)=N2. The third-order valence-electron chi connectivity index (χ3n) is 3.09. The average Bonchev–Trinajstić information content (AvgIpc) is 2.29. The van der Waals surface area contributed by atoms with E-state index in [9.17, 15) is 4.39 Å². The monoisotopic (exact) mass is 255 g/mol. The first-order valence-corrected chi connectivity index (χ1v) is 6.10. The van der Waals surface area contributed by atoms with Gasteiger partial charge in [0.25, 0.3) is 0 Å². The second kappa shape index (κ2) is 5.05. The molecule has 1 aromatic carbocycles. The van der Waals surface area contributed by atoms with E-state index in [-0.39, 0.29) is 11.6 Å². The Morgan fingerprint density at radius 1 is 1.47 bits per heavy atom. The number of methoxy groups -OCH3 is 1. The maximum atomic E-state index is 13.7. The molecule has 0 bridgehead atoms. The van der Waals surface area contributed by atoms with Crippen LogP contribution in [-0.2, 0) is 0 Å². The van der Waals surface area contributed by atoms with E-state index >= 15 is 0 Å². The fourth-order valence-electron chi connectivity index (χ4n) is 2.10. The van der Waals surface area contributed by atoms with Crippen LogP contribution in [0.4, 0.5) is 10.1 Å². The molecule has 17 heavy (non-hydrogen) atoms. The summed E-state index contributed by atoms with van der Waals surface area (Å²) in [6, 6.07) is 3.13. The van der Waals surface area contributed by atoms with Gasteiger partial charge in [0.1, 0.15) is 5.17 Å². The van der Waals surface area contributed by atoms with Crippen molar-refractivity contribution in [3.63, 3.8) is 0 Å². The van der Waals surface area contributed by atoms with Gasteiger partial charge >= 0.3 is 0 Å². The van der Waals surface area contributed by atoms with Crippen molar-refractivity contribution in [2.75, 3.05) is 7.11 Å². The zero-order valence-corrected chi connectivity index (χ0v) is 10.7. The molecule has 1 aliphatic heterocycles. The van der Waals surface area contributed by atoms with Gasteiger partial charge in [-0.1, -0.05) is 18.5 Å². The molecule has 0 aromatic heterocycles. The van der Waals surface area contributed by atoms with Crippen LogP contribution < -0.4 is 4.74 Å². The lowest BCUT2D eigenvalue weighted by atomic mass is 9.93. The molecule has 0 amide bonds. The van der Waals surface area contributed by atoms with Crippen LogP contribution in [0.2, 0.25) is 0 Å². The van der Waals surface area contributed by atoms with Crippen molar-refractivity contribution in [3.05, 3.63) is 23.5 Å². The van der Waals surface area contributed by atoms with Gasteiger partial charge in [-0.3, -0.25) is 0 Å². The van der Waals surface area contributed by atoms with Gasteiger partial charge in [-0.05, 0) is 30.4 Å². The molecule has 0 radical (unpaired) electrons. The zero-order chi connectivity index (χ0) is 12.4. The van der Waals surface area contributed by atoms with Crippen LogP contribution in [0.25, 0.3) is 0 Å². The largest absolute Gasteiger partial charge is 0.494 e. The van der Waals surface area contributed by atoms with Crippen molar-refractivity contribution >= 4 is 22.5 Å². The number of nitrogens with zero attached hydrogens (tertiary/aromatic N) is 1. The molecule has 92 valence electrons. The van der Waals surface area contributed by atoms with E-state index in [2.05, 4.69) is 11.9 Å². The van der Waals surface area contributed by atoms with Gasteiger partial charge in [0.2, 0.25) is 0 Å². The number of fused-ring (bicyclic) bond motifs is 1. The maximum Gasteiger partial charge on any atom is 0.165 e. The van der Waals surface area contributed by atoms with E-state index in [1.165, 1.54) is 13.2 Å². The molecular formula is C13H15ClFNO. The quantitative estimate of drug-likeness (QED) is 0.729. The zero-order valence-electron chi connectivity index (χ0n) is 9.96. The van der Waals surface area contributed by atoms with Crippen LogP contribution in [0.15, 0.2) is 17.1 Å². The second-order valence-electron chi connectivity index (χ2n) is 4.33. The Morgan fingerprint density at radius 3 is 2.94 bits per heavy atom. The Morgan fingerprint density at radius 2 is 2.24 bits per heavy atom. The summed E-state index contributed by atoms with van der Waals surface area (Å²) in [7, 11) is 1.45. The number of halogens is 2. The predicted octanol–water partition coefficient (Wildman–Crippen LogP) is 4.39. The van der Waals surface area contributed by atoms with Crippen LogP contribution in [0.1, 0.15) is 37.7 Å². The lowest BCUT2D eigenvalue weighted by Crippen LogP contribution is -2.02. The number of hydrogen-bond donors (Lipinski definition) is 0. The van der Waals surface area contributed by atoms with Crippen molar-refractivity contribution in [2.45, 2.75) is 32.1 Å². The normalized spacial score (nSPS) is 20.0. The minimum atomic E-state index is -0.343. The number of ether oxygens (including phenoxy) is 1. The minimum absolute atomic E-state index is 0.213. The minimum Gasteiger partial charge on any atom is -0.494 e. The molecule has 2 rings (SSSR count). The van der Waals surface area contributed by atoms with Gasteiger partial charge in [0, 0.05) is 12.5 Å². The summed E-state index contributed by atoms with van der Waals surface area (Å²) in [5, 5.41) is 0.576. The van der Waals surface area contributed by atoms with Gasteiger partial charge in [-0.25, -0.2) is 9.38 Å². The van der Waals surface area contributed by atoms with E-state index in [1.807, 2.05) is 0 Å². The summed E-state index contributed by atoms with van der Waals surface area (Å²) in [6.07, 6.45) is 2.76. The molecule has 0 spiro atoms. The molecule has 0 saturated heterocycles. The van der Waals surface area contributed by atoms with E-state index in [0.29, 0.717) is 11.1 Å². The molecule has 1 heterocycles. The van der Waals surface area contributed by atoms with Crippen LogP contribution in [0, 0.1) is 5.82 Å². The second-order valence-corrected chi connectivity index (χ2v) is 4.76. The summed E-state index contributed by atoms with van der Waals surface area (Å²) < 4.78 is 18.6. The Bertz CT molecular complexity index is 459. The summed E-state index contributed by atoms with van der Waals surface area (Å²) >= 11 is 6.02. The van der Waals surface area contributed by atoms with Gasteiger partial charge in [-0.15, -0.1) is 0 Å². The van der Waals surface area contributed by atoms with E-state index in [0.717, 1.165) is 30.5 Å². The smallest absolute Gasteiger partial charge is 0.165 e. The summed E-state index contributed by atoms with van der Waals surface area (Å²) in [5.41, 5.74) is 1.63. The highest BCUT2D eigenvalue weighted by Crippen LogP contribution is 2.37. The molecule has 1 atom stereocenters. The van der Waals surface area contributed by atoms with Gasteiger partial charge in [-0.2, -0.15) is 0 Å². The highest BCUT2D eigenvalue weighted by molar-refractivity contribution is 6.65. The lowest BCUT2D eigenvalue weighted by Gasteiger charge is -2.18. The maximum absolute atomic E-state index is 13.7. The van der Waals surface area contributed by atoms with Crippen LogP contribution in [-0.4, -0.2) is 12.3 Å². The Labute approximate surface area is 105 Å². The number of rotatable bonds is 1. The van der Waals surface area contributed by atoms with E-state index in [1.54, 1.807) is 6.07 Å². The highest BCUT2D eigenvalue weighted by atomic mass is 35.5. The molecule has 0 fully saturated rings. The summed E-state index contributed by atoms with van der Waals surface area (Å²) in [6.45, 7) is 2.08. The Kier molecular flexibility index (Phi) is 3.67. The molecule has 0 aliphatic carbocycles. The van der Waals surface area contributed by atoms with Gasteiger partial charge in [0.05, 0.1) is 12.8 Å². The van der Waals surface area contributed by atoms with Gasteiger partial charge in [0.15, 0.2) is 11.6 Å². The summed E-state index contributed by atoms with van der Waals surface area (Å²) in [5.74, 6) is 0.161. The first-order valence-electron chi connectivity index (χ1n) is 5.72. The van der Waals surface area contributed by atoms with Crippen LogP contribution in [0.3, 0.4) is 0 Å². The van der Waals surface area contributed by atoms with Crippen LogP contribution in [0.5, 0.6) is 5.75 Å². The van der Waals surface area contributed by atoms with Crippen molar-refractivity contribution in [1.29, 1.82) is 0 Å². The van der Waals surface area contributed by atoms with Crippen LogP contribution >= 0.6 is 11.6 Å². The predicted molar refractivity (Wildman–Crippen MR) is 68.2 cm³/mol. The van der Waals surface area contributed by atoms with Crippen molar-refractivity contribution < 1.29 is 9.13 Å². The highest BCUT2D eigenvalue weighted by Gasteiger charge is 2.17. The molecule has 2 nitrogen and oxygen atoms in total. The lowest BCUT2D eigenvalue weighted by molar-refractivity contribution is 0.386. The first kappa shape index (κ1) is 12.4. The molecule has 1 aliphatic rings. The number of benzene rings is 1. The average molecular weight is 256 g/mol. The number of aliphatic imine (C=N–C) groups is 1. The fraction of sp³-hybridized carbons (Fsp3) is 0.462. The Hall–Kier alpha value is -1.09. The third-order valence-corrected chi connectivity index (χ3v) is 3.37.